The molecule has 1 aliphatic rings. The van der Waals surface area contributed by atoms with E-state index in [1.165, 1.54) is 0 Å². The molecule has 84 valence electrons. The van der Waals surface area contributed by atoms with Crippen LogP contribution in [0.3, 0.4) is 0 Å². The van der Waals surface area contributed by atoms with Crippen LogP contribution >= 0.6 is 7.14 Å². The number of aliphatic hydroxyl groups is 1. The summed E-state index contributed by atoms with van der Waals surface area (Å²) in [6, 6.07) is 9.95. The summed E-state index contributed by atoms with van der Waals surface area (Å²) in [5.41, 5.74) is 0. The zero-order valence-electron chi connectivity index (χ0n) is 9.22. The Labute approximate surface area is 91.7 Å². The molecule has 2 nitrogen and oxygen atoms in total. The highest BCUT2D eigenvalue weighted by molar-refractivity contribution is 7.71. The van der Waals surface area contributed by atoms with Gasteiger partial charge >= 0.3 is 0 Å². The molecule has 0 spiro atoms. The molecular weight excluding hydrogens is 207 g/mol. The van der Waals surface area contributed by atoms with Crippen molar-refractivity contribution in [3.63, 3.8) is 0 Å². The molecule has 1 saturated heterocycles. The van der Waals surface area contributed by atoms with Gasteiger partial charge in [0.15, 0.2) is 0 Å². The van der Waals surface area contributed by atoms with Crippen LogP contribution in [0.1, 0.15) is 19.8 Å². The Bertz CT molecular complexity index is 312. The Morgan fingerprint density at radius 2 is 1.67 bits per heavy atom. The maximum atomic E-state index is 12.2. The molecule has 0 atom stereocenters. The van der Waals surface area contributed by atoms with E-state index in [1.54, 1.807) is 6.92 Å². The van der Waals surface area contributed by atoms with Crippen molar-refractivity contribution in [1.82, 2.24) is 0 Å². The number of benzene rings is 1. The van der Waals surface area contributed by atoms with E-state index < -0.39 is 7.14 Å². The lowest BCUT2D eigenvalue weighted by atomic mass is 10.4. The van der Waals surface area contributed by atoms with Crippen molar-refractivity contribution in [3.05, 3.63) is 30.3 Å². The molecule has 15 heavy (non-hydrogen) atoms. The third-order valence-electron chi connectivity index (χ3n) is 2.52. The molecule has 1 heterocycles. The monoisotopic (exact) mass is 226 g/mol. The summed E-state index contributed by atoms with van der Waals surface area (Å²) >= 11 is 0. The summed E-state index contributed by atoms with van der Waals surface area (Å²) in [5, 5.41) is 8.66. The van der Waals surface area contributed by atoms with Gasteiger partial charge in [-0.05, 0) is 19.8 Å². The third-order valence-corrected chi connectivity index (χ3v) is 5.83. The zero-order chi connectivity index (χ0) is 11.1. The van der Waals surface area contributed by atoms with Gasteiger partial charge in [-0.1, -0.05) is 30.3 Å². The van der Waals surface area contributed by atoms with Gasteiger partial charge in [-0.15, -0.1) is 0 Å². The highest BCUT2D eigenvalue weighted by Gasteiger charge is 2.28. The van der Waals surface area contributed by atoms with Crippen molar-refractivity contribution >= 4 is 12.4 Å². The quantitative estimate of drug-likeness (QED) is 0.747. The van der Waals surface area contributed by atoms with E-state index in [0.717, 1.165) is 30.5 Å². The zero-order valence-corrected chi connectivity index (χ0v) is 10.1. The lowest BCUT2D eigenvalue weighted by Crippen LogP contribution is -2.04. The van der Waals surface area contributed by atoms with E-state index in [4.69, 9.17) is 5.11 Å². The van der Waals surface area contributed by atoms with Crippen molar-refractivity contribution in [2.24, 2.45) is 0 Å². The third kappa shape index (κ3) is 3.48. The van der Waals surface area contributed by atoms with Crippen LogP contribution in [0.2, 0.25) is 0 Å². The second-order valence-electron chi connectivity index (χ2n) is 3.70. The summed E-state index contributed by atoms with van der Waals surface area (Å²) in [7, 11) is -1.92. The van der Waals surface area contributed by atoms with Crippen LogP contribution in [0.15, 0.2) is 30.3 Å². The summed E-state index contributed by atoms with van der Waals surface area (Å²) in [6.07, 6.45) is 4.15. The average molecular weight is 226 g/mol. The largest absolute Gasteiger partial charge is 0.397 e. The topological polar surface area (TPSA) is 37.3 Å². The standard InChI is InChI=1S/C10H13OP.C2H6O/c11-12(8-4-5-9-12)10-6-2-1-3-7-10;1-2-3/h1-3,6-7H,4-5,8-9H2;3H,2H2,1H3. The summed E-state index contributed by atoms with van der Waals surface area (Å²) in [4.78, 5) is 0. The fourth-order valence-electron chi connectivity index (χ4n) is 1.80. The number of hydrogen-bond acceptors (Lipinski definition) is 2. The fourth-order valence-corrected chi connectivity index (χ4v) is 4.73. The smallest absolute Gasteiger partial charge is 0.115 e. The van der Waals surface area contributed by atoms with Gasteiger partial charge in [-0.3, -0.25) is 0 Å². The van der Waals surface area contributed by atoms with Crippen LogP contribution in [-0.4, -0.2) is 24.0 Å². The first-order valence-corrected chi connectivity index (χ1v) is 7.55. The summed E-state index contributed by atoms with van der Waals surface area (Å²) in [6.45, 7) is 1.93. The molecule has 1 fully saturated rings. The van der Waals surface area contributed by atoms with Crippen molar-refractivity contribution in [3.8, 4) is 0 Å². The first-order chi connectivity index (χ1) is 7.23. The molecule has 3 heteroatoms. The molecule has 1 aromatic rings. The highest BCUT2D eigenvalue weighted by Crippen LogP contribution is 2.50. The van der Waals surface area contributed by atoms with Crippen LogP contribution in [0.4, 0.5) is 0 Å². The van der Waals surface area contributed by atoms with E-state index in [9.17, 15) is 4.57 Å². The second kappa shape index (κ2) is 6.09. The second-order valence-corrected chi connectivity index (χ2v) is 6.88. The van der Waals surface area contributed by atoms with Crippen LogP contribution in [-0.2, 0) is 4.57 Å². The van der Waals surface area contributed by atoms with E-state index in [-0.39, 0.29) is 6.61 Å². The molecule has 0 aliphatic carbocycles. The van der Waals surface area contributed by atoms with Crippen LogP contribution < -0.4 is 5.30 Å². The molecule has 0 radical (unpaired) electrons. The van der Waals surface area contributed by atoms with Gasteiger partial charge in [0.25, 0.3) is 0 Å². The van der Waals surface area contributed by atoms with E-state index in [0.29, 0.717) is 0 Å². The number of hydrogen-bond donors (Lipinski definition) is 1. The van der Waals surface area contributed by atoms with Crippen LogP contribution in [0, 0.1) is 0 Å². The normalized spacial score (nSPS) is 18.0. The predicted octanol–water partition coefficient (Wildman–Crippen LogP) is 2.47. The molecule has 1 aromatic carbocycles. The van der Waals surface area contributed by atoms with Crippen LogP contribution in [0.25, 0.3) is 0 Å². The first kappa shape index (κ1) is 12.5. The van der Waals surface area contributed by atoms with Gasteiger partial charge in [0.1, 0.15) is 7.14 Å². The van der Waals surface area contributed by atoms with E-state index in [1.807, 2.05) is 30.3 Å². The van der Waals surface area contributed by atoms with Crippen molar-refractivity contribution in [2.75, 3.05) is 18.9 Å². The molecule has 0 amide bonds. The average Bonchev–Trinajstić information content (AvgIpc) is 2.69. The van der Waals surface area contributed by atoms with E-state index in [2.05, 4.69) is 0 Å². The molecule has 2 rings (SSSR count). The minimum absolute atomic E-state index is 0.250. The molecule has 1 aliphatic heterocycles. The Hall–Kier alpha value is -0.590. The van der Waals surface area contributed by atoms with Gasteiger partial charge in [-0.2, -0.15) is 0 Å². The fraction of sp³-hybridized carbons (Fsp3) is 0.500. The van der Waals surface area contributed by atoms with Gasteiger partial charge < -0.3 is 9.67 Å². The summed E-state index contributed by atoms with van der Waals surface area (Å²) in [5.74, 6) is 0. The minimum Gasteiger partial charge on any atom is -0.397 e. The van der Waals surface area contributed by atoms with Gasteiger partial charge in [0, 0.05) is 24.2 Å². The maximum absolute atomic E-state index is 12.2. The lowest BCUT2D eigenvalue weighted by molar-refractivity contribution is 0.318. The molecule has 1 N–H and O–H groups in total. The van der Waals surface area contributed by atoms with Gasteiger partial charge in [0.2, 0.25) is 0 Å². The SMILES string of the molecule is CCO.O=P1(c2ccccc2)CCCC1. The van der Waals surface area contributed by atoms with E-state index >= 15 is 0 Å². The Morgan fingerprint density at radius 1 is 1.20 bits per heavy atom. The first-order valence-electron chi connectivity index (χ1n) is 5.47. The van der Waals surface area contributed by atoms with Crippen molar-refractivity contribution in [2.45, 2.75) is 19.8 Å². The number of rotatable bonds is 1. The Kier molecular flexibility index (Phi) is 5.07. The number of aliphatic hydroxyl groups excluding tert-OH is 1. The molecule has 0 bridgehead atoms. The summed E-state index contributed by atoms with van der Waals surface area (Å²) < 4.78 is 12.2. The molecular formula is C12H19O2P. The minimum atomic E-state index is -1.92. The van der Waals surface area contributed by atoms with Crippen molar-refractivity contribution in [1.29, 1.82) is 0 Å². The van der Waals surface area contributed by atoms with Crippen molar-refractivity contribution < 1.29 is 9.67 Å². The van der Waals surface area contributed by atoms with Crippen LogP contribution in [0.5, 0.6) is 0 Å². The maximum Gasteiger partial charge on any atom is 0.115 e. The Morgan fingerprint density at radius 3 is 2.13 bits per heavy atom. The van der Waals surface area contributed by atoms with Gasteiger partial charge in [-0.25, -0.2) is 0 Å². The Balaban J connectivity index is 0.000000337. The highest BCUT2D eigenvalue weighted by atomic mass is 31.2. The predicted molar refractivity (Wildman–Crippen MR) is 65.4 cm³/mol. The molecule has 0 saturated carbocycles. The van der Waals surface area contributed by atoms with Gasteiger partial charge in [0.05, 0.1) is 0 Å². The molecule has 0 aromatic heterocycles. The molecule has 0 unspecified atom stereocenters. The lowest BCUT2D eigenvalue weighted by Gasteiger charge is -2.09.